The third-order valence-electron chi connectivity index (χ3n) is 3.77. The van der Waals surface area contributed by atoms with Gasteiger partial charge in [-0.05, 0) is 29.8 Å². The Morgan fingerprint density at radius 1 is 1.15 bits per heavy atom. The first kappa shape index (κ1) is 18.6. The van der Waals surface area contributed by atoms with Crippen LogP contribution < -0.4 is 5.32 Å². The minimum atomic E-state index is -0.593. The minimum absolute atomic E-state index is 0.218. The summed E-state index contributed by atoms with van der Waals surface area (Å²) >= 11 is 1.04. The van der Waals surface area contributed by atoms with Gasteiger partial charge in [0.2, 0.25) is 0 Å². The zero-order valence-corrected chi connectivity index (χ0v) is 15.6. The lowest BCUT2D eigenvalue weighted by molar-refractivity contribution is -0.135. The molecular formula is C20H17N3O3S. The minimum Gasteiger partial charge on any atom is -0.466 e. The molecule has 27 heavy (non-hydrogen) atoms. The van der Waals surface area contributed by atoms with Crippen molar-refractivity contribution in [2.45, 2.75) is 6.92 Å². The number of nitrogens with one attached hydrogen (secondary N) is 1. The average molecular weight is 379 g/mol. The van der Waals surface area contributed by atoms with E-state index >= 15 is 0 Å². The van der Waals surface area contributed by atoms with Gasteiger partial charge in [0.25, 0.3) is 5.91 Å². The topological polar surface area (TPSA) is 80.1 Å². The van der Waals surface area contributed by atoms with Crippen LogP contribution in [0.2, 0.25) is 0 Å². The second-order valence-electron chi connectivity index (χ2n) is 5.69. The maximum Gasteiger partial charge on any atom is 0.331 e. The average Bonchev–Trinajstić information content (AvgIpc) is 3.02. The number of aryl methyl sites for hydroxylation is 1. The van der Waals surface area contributed by atoms with Crippen molar-refractivity contribution in [3.05, 3.63) is 70.6 Å². The van der Waals surface area contributed by atoms with Crippen molar-refractivity contribution in [1.29, 1.82) is 0 Å². The first-order valence-corrected chi connectivity index (χ1v) is 8.94. The van der Waals surface area contributed by atoms with Crippen LogP contribution in [0.4, 0.5) is 0 Å². The van der Waals surface area contributed by atoms with Gasteiger partial charge in [0, 0.05) is 11.6 Å². The quantitative estimate of drug-likeness (QED) is 0.383. The molecule has 0 atom stereocenters. The molecule has 1 heterocycles. The molecular weight excluding hydrogens is 362 g/mol. The molecule has 1 aliphatic heterocycles. The van der Waals surface area contributed by atoms with Crippen LogP contribution in [-0.2, 0) is 14.3 Å². The Hall–Kier alpha value is -3.19. The number of carbonyl (C=O) groups excluding carboxylic acids is 2. The van der Waals surface area contributed by atoms with E-state index in [1.54, 1.807) is 6.21 Å². The number of rotatable bonds is 4. The van der Waals surface area contributed by atoms with Gasteiger partial charge in [0.15, 0.2) is 5.17 Å². The van der Waals surface area contributed by atoms with E-state index < -0.39 is 11.9 Å². The summed E-state index contributed by atoms with van der Waals surface area (Å²) in [7, 11) is 1.25. The van der Waals surface area contributed by atoms with Gasteiger partial charge in [-0.3, -0.25) is 10.1 Å². The van der Waals surface area contributed by atoms with E-state index in [0.29, 0.717) is 5.17 Å². The predicted octanol–water partition coefficient (Wildman–Crippen LogP) is 3.27. The molecule has 136 valence electrons. The third-order valence-corrected chi connectivity index (χ3v) is 4.67. The Morgan fingerprint density at radius 3 is 2.63 bits per heavy atom. The Bertz CT molecular complexity index is 963. The third kappa shape index (κ3) is 4.71. The lowest BCUT2D eigenvalue weighted by Gasteiger charge is -2.05. The van der Waals surface area contributed by atoms with Crippen molar-refractivity contribution in [3.63, 3.8) is 0 Å². The number of hydrogen-bond donors (Lipinski definition) is 1. The number of amidine groups is 1. The van der Waals surface area contributed by atoms with Crippen LogP contribution in [-0.4, -0.2) is 30.4 Å². The second-order valence-corrected chi connectivity index (χ2v) is 6.72. The molecule has 1 fully saturated rings. The summed E-state index contributed by atoms with van der Waals surface area (Å²) in [5.74, 6) is -0.996. The van der Waals surface area contributed by atoms with Gasteiger partial charge in [0.1, 0.15) is 0 Å². The highest BCUT2D eigenvalue weighted by Crippen LogP contribution is 2.24. The molecule has 0 saturated carbocycles. The van der Waals surface area contributed by atoms with E-state index in [1.165, 1.54) is 12.7 Å². The molecule has 0 radical (unpaired) electrons. The highest BCUT2D eigenvalue weighted by molar-refractivity contribution is 8.18. The Labute approximate surface area is 161 Å². The smallest absolute Gasteiger partial charge is 0.331 e. The number of methoxy groups -OCH3 is 1. The van der Waals surface area contributed by atoms with Crippen LogP contribution in [0.15, 0.2) is 69.7 Å². The molecule has 1 aliphatic rings. The van der Waals surface area contributed by atoms with Crippen LogP contribution in [0.1, 0.15) is 11.1 Å². The Balaban J connectivity index is 1.79. The zero-order chi connectivity index (χ0) is 19.2. The van der Waals surface area contributed by atoms with Gasteiger partial charge >= 0.3 is 5.97 Å². The van der Waals surface area contributed by atoms with Crippen molar-refractivity contribution in [2.24, 2.45) is 10.2 Å². The number of amides is 1. The number of hydrogen-bond acceptors (Lipinski definition) is 6. The monoisotopic (exact) mass is 379 g/mol. The molecule has 3 rings (SSSR count). The van der Waals surface area contributed by atoms with E-state index in [1.807, 2.05) is 31.2 Å². The number of esters is 1. The van der Waals surface area contributed by atoms with Crippen molar-refractivity contribution in [2.75, 3.05) is 7.11 Å². The summed E-state index contributed by atoms with van der Waals surface area (Å²) in [6, 6.07) is 16.1. The molecule has 0 spiro atoms. The van der Waals surface area contributed by atoms with Crippen LogP contribution in [0.25, 0.3) is 11.1 Å². The van der Waals surface area contributed by atoms with E-state index in [2.05, 4.69) is 44.5 Å². The fraction of sp³-hybridized carbons (Fsp3) is 0.100. The van der Waals surface area contributed by atoms with Crippen LogP contribution in [0.3, 0.4) is 0 Å². The molecule has 7 heteroatoms. The standard InChI is InChI=1S/C20H17N3O3S/c1-13-7-9-14(10-8-13)16-6-4-3-5-15(16)12-21-23-20-22-19(25)17(27-20)11-18(24)26-2/h3-12H,1-2H3,(H,22,23,25)/b17-11+,21-12?. The molecule has 1 amide bonds. The highest BCUT2D eigenvalue weighted by Gasteiger charge is 2.24. The highest BCUT2D eigenvalue weighted by atomic mass is 32.2. The summed E-state index contributed by atoms with van der Waals surface area (Å²) in [5.41, 5.74) is 4.23. The zero-order valence-electron chi connectivity index (χ0n) is 14.8. The second kappa shape index (κ2) is 8.46. The maximum atomic E-state index is 11.8. The molecule has 1 saturated heterocycles. The Kier molecular flexibility index (Phi) is 5.83. The first-order valence-electron chi connectivity index (χ1n) is 8.13. The number of carbonyl (C=O) groups is 2. The number of ether oxygens (including phenoxy) is 1. The largest absolute Gasteiger partial charge is 0.466 e. The van der Waals surface area contributed by atoms with Crippen molar-refractivity contribution >= 4 is 35.0 Å². The predicted molar refractivity (Wildman–Crippen MR) is 107 cm³/mol. The summed E-state index contributed by atoms with van der Waals surface area (Å²) in [6.45, 7) is 2.05. The molecule has 2 aromatic carbocycles. The van der Waals surface area contributed by atoms with Gasteiger partial charge in [-0.15, -0.1) is 5.10 Å². The van der Waals surface area contributed by atoms with Crippen LogP contribution in [0.5, 0.6) is 0 Å². The number of benzene rings is 2. The van der Waals surface area contributed by atoms with Gasteiger partial charge in [-0.25, -0.2) is 4.79 Å². The van der Waals surface area contributed by atoms with Crippen molar-refractivity contribution < 1.29 is 14.3 Å². The van der Waals surface area contributed by atoms with Gasteiger partial charge in [0.05, 0.1) is 18.2 Å². The SMILES string of the molecule is COC(=O)/C=C1/S/C(=N\N=Cc2ccccc2-c2ccc(C)cc2)NC1=O. The maximum absolute atomic E-state index is 11.8. The molecule has 0 unspecified atom stereocenters. The van der Waals surface area contributed by atoms with Gasteiger partial charge in [-0.2, -0.15) is 5.10 Å². The molecule has 0 aromatic heterocycles. The van der Waals surface area contributed by atoms with Crippen molar-refractivity contribution in [3.8, 4) is 11.1 Å². The van der Waals surface area contributed by atoms with E-state index in [9.17, 15) is 9.59 Å². The fourth-order valence-electron chi connectivity index (χ4n) is 2.39. The Morgan fingerprint density at radius 2 is 1.89 bits per heavy atom. The van der Waals surface area contributed by atoms with E-state index in [4.69, 9.17) is 0 Å². The van der Waals surface area contributed by atoms with Crippen LogP contribution in [0, 0.1) is 6.92 Å². The fourth-order valence-corrected chi connectivity index (χ4v) is 3.13. The normalized spacial score (nSPS) is 16.9. The summed E-state index contributed by atoms with van der Waals surface area (Å²) < 4.78 is 4.52. The summed E-state index contributed by atoms with van der Waals surface area (Å²) in [5, 5.41) is 11.0. The molecule has 0 bridgehead atoms. The summed E-state index contributed by atoms with van der Waals surface area (Å²) in [4.78, 5) is 23.3. The molecule has 2 aromatic rings. The first-order chi connectivity index (χ1) is 13.1. The molecule has 0 aliphatic carbocycles. The van der Waals surface area contributed by atoms with Gasteiger partial charge < -0.3 is 4.74 Å². The lowest BCUT2D eigenvalue weighted by atomic mass is 9.99. The van der Waals surface area contributed by atoms with E-state index in [-0.39, 0.29) is 4.91 Å². The van der Waals surface area contributed by atoms with Crippen LogP contribution >= 0.6 is 11.8 Å². The number of nitrogens with zero attached hydrogens (tertiary/aromatic N) is 2. The van der Waals surface area contributed by atoms with Gasteiger partial charge in [-0.1, -0.05) is 54.1 Å². The summed E-state index contributed by atoms with van der Waals surface area (Å²) in [6.07, 6.45) is 2.76. The van der Waals surface area contributed by atoms with Crippen molar-refractivity contribution in [1.82, 2.24) is 5.32 Å². The van der Waals surface area contributed by atoms with E-state index in [0.717, 1.165) is 34.5 Å². The molecule has 1 N–H and O–H groups in total. The number of thioether (sulfide) groups is 1. The lowest BCUT2D eigenvalue weighted by Crippen LogP contribution is -2.19. The molecule has 6 nitrogen and oxygen atoms in total.